The summed E-state index contributed by atoms with van der Waals surface area (Å²) in [6, 6.07) is 2.58. The van der Waals surface area contributed by atoms with Gasteiger partial charge in [-0.2, -0.15) is 0 Å². The highest BCUT2D eigenvalue weighted by atomic mass is 16.6. The van der Waals surface area contributed by atoms with E-state index in [1.165, 1.54) is 12.1 Å². The molecule has 2 heterocycles. The van der Waals surface area contributed by atoms with Crippen molar-refractivity contribution >= 4 is 11.9 Å². The van der Waals surface area contributed by atoms with E-state index in [0.717, 1.165) is 0 Å². The third-order valence-corrected chi connectivity index (χ3v) is 3.43. The Balaban J connectivity index is 2.08. The number of carbonyl (C=O) groups is 1. The number of ether oxygens (including phenoxy) is 1. The van der Waals surface area contributed by atoms with Crippen molar-refractivity contribution in [3.63, 3.8) is 0 Å². The normalized spacial score (nSPS) is 22.3. The van der Waals surface area contributed by atoms with Gasteiger partial charge in [0.05, 0.1) is 31.7 Å². The van der Waals surface area contributed by atoms with Gasteiger partial charge in [0.1, 0.15) is 10.7 Å². The third kappa shape index (κ3) is 2.97. The molecule has 1 N–H and O–H groups in total. The van der Waals surface area contributed by atoms with Crippen molar-refractivity contribution in [2.45, 2.75) is 19.5 Å². The first-order chi connectivity index (χ1) is 9.52. The monoisotopic (exact) mass is 284 g/mol. The van der Waals surface area contributed by atoms with E-state index in [1.54, 1.807) is 0 Å². The number of nitro groups is 1. The summed E-state index contributed by atoms with van der Waals surface area (Å²) in [5.41, 5.74) is 0. The standard InChI is InChI=1S/C12H16N2O6/c1-2-13(10-7-19-6-9(10)12(15)16)5-8-3-4-11(20-8)14(17)18/h3-4,9-10H,2,5-7H2,1H3,(H,15,16). The molecular formula is C12H16N2O6. The number of aliphatic carboxylic acids is 1. The fourth-order valence-corrected chi connectivity index (χ4v) is 2.35. The van der Waals surface area contributed by atoms with Crippen LogP contribution in [0.3, 0.4) is 0 Å². The topological polar surface area (TPSA) is 106 Å². The van der Waals surface area contributed by atoms with E-state index < -0.39 is 16.8 Å². The Kier molecular flexibility index (Phi) is 4.35. The first kappa shape index (κ1) is 14.5. The van der Waals surface area contributed by atoms with E-state index in [4.69, 9.17) is 14.3 Å². The average molecular weight is 284 g/mol. The largest absolute Gasteiger partial charge is 0.481 e. The molecule has 0 radical (unpaired) electrons. The van der Waals surface area contributed by atoms with Crippen LogP contribution in [0.25, 0.3) is 0 Å². The van der Waals surface area contributed by atoms with E-state index in [-0.39, 0.29) is 18.5 Å². The Labute approximate surface area is 115 Å². The molecule has 1 fully saturated rings. The minimum atomic E-state index is -0.892. The molecule has 2 rings (SSSR count). The molecule has 0 amide bonds. The molecule has 1 aliphatic heterocycles. The van der Waals surface area contributed by atoms with Gasteiger partial charge in [0.2, 0.25) is 0 Å². The zero-order valence-corrected chi connectivity index (χ0v) is 11.0. The van der Waals surface area contributed by atoms with Gasteiger partial charge in [0.25, 0.3) is 0 Å². The van der Waals surface area contributed by atoms with Crippen molar-refractivity contribution in [3.05, 3.63) is 28.0 Å². The van der Waals surface area contributed by atoms with Gasteiger partial charge in [0.15, 0.2) is 0 Å². The molecule has 1 aliphatic rings. The van der Waals surface area contributed by atoms with Crippen LogP contribution >= 0.6 is 0 Å². The van der Waals surface area contributed by atoms with Crippen molar-refractivity contribution < 1.29 is 24.0 Å². The van der Waals surface area contributed by atoms with Gasteiger partial charge in [-0.3, -0.25) is 19.8 Å². The van der Waals surface area contributed by atoms with Crippen LogP contribution in [0.5, 0.6) is 0 Å². The minimum absolute atomic E-state index is 0.189. The second-order valence-corrected chi connectivity index (χ2v) is 4.61. The summed E-state index contributed by atoms with van der Waals surface area (Å²) in [4.78, 5) is 23.0. The van der Waals surface area contributed by atoms with Crippen LogP contribution in [0, 0.1) is 16.0 Å². The van der Waals surface area contributed by atoms with Crippen LogP contribution < -0.4 is 0 Å². The smallest absolute Gasteiger partial charge is 0.433 e. The Morgan fingerprint density at radius 1 is 1.55 bits per heavy atom. The zero-order valence-electron chi connectivity index (χ0n) is 11.0. The van der Waals surface area contributed by atoms with Crippen LogP contribution in [0.4, 0.5) is 5.88 Å². The number of furan rings is 1. The van der Waals surface area contributed by atoms with Gasteiger partial charge in [-0.25, -0.2) is 0 Å². The van der Waals surface area contributed by atoms with Gasteiger partial charge in [-0.15, -0.1) is 0 Å². The maximum Gasteiger partial charge on any atom is 0.433 e. The number of carboxylic acids is 1. The fraction of sp³-hybridized carbons (Fsp3) is 0.583. The van der Waals surface area contributed by atoms with E-state index in [1.807, 2.05) is 11.8 Å². The molecule has 0 aromatic carbocycles. The molecule has 1 aromatic heterocycles. The lowest BCUT2D eigenvalue weighted by Crippen LogP contribution is -2.42. The van der Waals surface area contributed by atoms with Crippen LogP contribution in [0.1, 0.15) is 12.7 Å². The van der Waals surface area contributed by atoms with E-state index in [2.05, 4.69) is 0 Å². The van der Waals surface area contributed by atoms with Gasteiger partial charge >= 0.3 is 11.9 Å². The molecule has 0 bridgehead atoms. The maximum absolute atomic E-state index is 11.2. The number of carboxylic acid groups (broad SMARTS) is 1. The van der Waals surface area contributed by atoms with Crippen molar-refractivity contribution in [2.24, 2.45) is 5.92 Å². The third-order valence-electron chi connectivity index (χ3n) is 3.43. The van der Waals surface area contributed by atoms with Gasteiger partial charge in [-0.1, -0.05) is 6.92 Å². The number of rotatable bonds is 6. The summed E-state index contributed by atoms with van der Waals surface area (Å²) in [6.45, 7) is 3.35. The Morgan fingerprint density at radius 2 is 2.30 bits per heavy atom. The van der Waals surface area contributed by atoms with Crippen LogP contribution in [-0.4, -0.2) is 46.7 Å². The molecule has 0 saturated carbocycles. The Morgan fingerprint density at radius 3 is 2.85 bits per heavy atom. The van der Waals surface area contributed by atoms with Gasteiger partial charge < -0.3 is 14.3 Å². The molecule has 0 aliphatic carbocycles. The Bertz CT molecular complexity index is 500. The quantitative estimate of drug-likeness (QED) is 0.616. The lowest BCUT2D eigenvalue weighted by Gasteiger charge is -2.28. The highest BCUT2D eigenvalue weighted by molar-refractivity contribution is 5.71. The van der Waals surface area contributed by atoms with E-state index in [0.29, 0.717) is 25.5 Å². The van der Waals surface area contributed by atoms with Crippen LogP contribution in [0.2, 0.25) is 0 Å². The summed E-state index contributed by atoms with van der Waals surface area (Å²) in [5.74, 6) is -1.35. The molecule has 1 aromatic rings. The summed E-state index contributed by atoms with van der Waals surface area (Å²) in [6.07, 6.45) is 0. The summed E-state index contributed by atoms with van der Waals surface area (Å²) < 4.78 is 10.3. The van der Waals surface area contributed by atoms with Crippen LogP contribution in [0.15, 0.2) is 16.5 Å². The molecule has 2 atom stereocenters. The lowest BCUT2D eigenvalue weighted by molar-refractivity contribution is -0.402. The second-order valence-electron chi connectivity index (χ2n) is 4.61. The highest BCUT2D eigenvalue weighted by Crippen LogP contribution is 2.23. The zero-order chi connectivity index (χ0) is 14.7. The minimum Gasteiger partial charge on any atom is -0.481 e. The van der Waals surface area contributed by atoms with Crippen LogP contribution in [-0.2, 0) is 16.1 Å². The maximum atomic E-state index is 11.2. The van der Waals surface area contributed by atoms with Gasteiger partial charge in [-0.05, 0) is 12.6 Å². The predicted molar refractivity (Wildman–Crippen MR) is 67.2 cm³/mol. The molecule has 110 valence electrons. The van der Waals surface area contributed by atoms with E-state index in [9.17, 15) is 14.9 Å². The Hall–Kier alpha value is -1.93. The van der Waals surface area contributed by atoms with Crippen molar-refractivity contribution in [2.75, 3.05) is 19.8 Å². The molecule has 8 nitrogen and oxygen atoms in total. The molecule has 20 heavy (non-hydrogen) atoms. The summed E-state index contributed by atoms with van der Waals surface area (Å²) >= 11 is 0. The molecule has 0 spiro atoms. The lowest BCUT2D eigenvalue weighted by atomic mass is 10.0. The predicted octanol–water partition coefficient (Wildman–Crippen LogP) is 1.11. The highest BCUT2D eigenvalue weighted by Gasteiger charge is 2.37. The number of nitrogens with zero attached hydrogens (tertiary/aromatic N) is 2. The molecule has 2 unspecified atom stereocenters. The van der Waals surface area contributed by atoms with Crippen molar-refractivity contribution in [1.29, 1.82) is 0 Å². The molecular weight excluding hydrogens is 268 g/mol. The number of hydrogen-bond acceptors (Lipinski definition) is 6. The SMILES string of the molecule is CCN(Cc1ccc([N+](=O)[O-])o1)C1COCC1C(=O)O. The second kappa shape index (κ2) is 6.02. The number of likely N-dealkylation sites (N-methyl/N-ethyl adjacent to an activating group) is 1. The summed E-state index contributed by atoms with van der Waals surface area (Å²) in [7, 11) is 0. The van der Waals surface area contributed by atoms with Crippen molar-refractivity contribution in [1.82, 2.24) is 4.90 Å². The van der Waals surface area contributed by atoms with Crippen molar-refractivity contribution in [3.8, 4) is 0 Å². The molecule has 1 saturated heterocycles. The van der Waals surface area contributed by atoms with Gasteiger partial charge in [0, 0.05) is 6.04 Å². The first-order valence-electron chi connectivity index (χ1n) is 6.30. The first-order valence-corrected chi connectivity index (χ1v) is 6.30. The van der Waals surface area contributed by atoms with E-state index >= 15 is 0 Å². The summed E-state index contributed by atoms with van der Waals surface area (Å²) in [5, 5.41) is 19.7. The fourth-order valence-electron chi connectivity index (χ4n) is 2.35. The number of hydrogen-bond donors (Lipinski definition) is 1. The average Bonchev–Trinajstić information content (AvgIpc) is 3.04. The molecule has 8 heteroatoms.